The third-order valence-electron chi connectivity index (χ3n) is 3.91. The van der Waals surface area contributed by atoms with Crippen LogP contribution in [-0.2, 0) is 0 Å². The Morgan fingerprint density at radius 3 is 2.71 bits per heavy atom. The lowest BCUT2D eigenvalue weighted by molar-refractivity contribution is 0.0908. The molecular formula is C16H24N2O3. The summed E-state index contributed by atoms with van der Waals surface area (Å²) in [6.07, 6.45) is 3.09. The minimum Gasteiger partial charge on any atom is -0.507 e. The molecule has 0 saturated carbocycles. The maximum Gasteiger partial charge on any atom is 0.255 e. The number of rotatable bonds is 5. The van der Waals surface area contributed by atoms with E-state index in [0.717, 1.165) is 38.9 Å². The Balaban J connectivity index is 1.90. The molecule has 0 spiro atoms. The van der Waals surface area contributed by atoms with Gasteiger partial charge in [0, 0.05) is 25.2 Å². The fraction of sp³-hybridized carbons (Fsp3) is 0.562. The molecule has 2 rings (SSSR count). The number of aromatic hydroxyl groups is 1. The maximum absolute atomic E-state index is 12.2. The van der Waals surface area contributed by atoms with Crippen LogP contribution in [0.4, 0.5) is 0 Å². The average molecular weight is 292 g/mol. The number of carbonyl (C=O) groups is 1. The maximum atomic E-state index is 12.2. The Morgan fingerprint density at radius 1 is 1.43 bits per heavy atom. The van der Waals surface area contributed by atoms with Crippen LogP contribution >= 0.6 is 0 Å². The molecule has 5 nitrogen and oxygen atoms in total. The van der Waals surface area contributed by atoms with Crippen molar-refractivity contribution in [3.05, 3.63) is 23.8 Å². The van der Waals surface area contributed by atoms with Gasteiger partial charge in [0.15, 0.2) is 0 Å². The summed E-state index contributed by atoms with van der Waals surface area (Å²) in [5.41, 5.74) is 0.298. The number of carbonyl (C=O) groups excluding carboxylic acids is 1. The van der Waals surface area contributed by atoms with Crippen LogP contribution < -0.4 is 10.1 Å². The molecule has 1 fully saturated rings. The van der Waals surface area contributed by atoms with E-state index in [4.69, 9.17) is 4.74 Å². The predicted octanol–water partition coefficient (Wildman–Crippen LogP) is 2.00. The van der Waals surface area contributed by atoms with Gasteiger partial charge in [-0.1, -0.05) is 6.92 Å². The van der Waals surface area contributed by atoms with E-state index >= 15 is 0 Å². The van der Waals surface area contributed by atoms with Crippen LogP contribution in [0.5, 0.6) is 11.5 Å². The van der Waals surface area contributed by atoms with Crippen LogP contribution in [-0.4, -0.2) is 48.7 Å². The van der Waals surface area contributed by atoms with Crippen LogP contribution in [0.25, 0.3) is 0 Å². The second kappa shape index (κ2) is 7.31. The molecule has 0 bridgehead atoms. The highest BCUT2D eigenvalue weighted by Gasteiger charge is 2.21. The van der Waals surface area contributed by atoms with Crippen molar-refractivity contribution >= 4 is 5.91 Å². The lowest BCUT2D eigenvalue weighted by atomic mass is 10.0. The number of phenolic OH excluding ortho intramolecular Hbond substituents is 1. The second-order valence-electron chi connectivity index (χ2n) is 5.47. The Kier molecular flexibility index (Phi) is 5.44. The minimum absolute atomic E-state index is 0.0460. The van der Waals surface area contributed by atoms with E-state index in [9.17, 15) is 9.90 Å². The lowest BCUT2D eigenvalue weighted by Gasteiger charge is -2.32. The van der Waals surface area contributed by atoms with E-state index in [0.29, 0.717) is 11.3 Å². The highest BCUT2D eigenvalue weighted by atomic mass is 16.5. The number of nitrogens with zero attached hydrogens (tertiary/aromatic N) is 1. The quantitative estimate of drug-likeness (QED) is 0.871. The molecule has 1 aromatic carbocycles. The Hall–Kier alpha value is -1.75. The average Bonchev–Trinajstić information content (AvgIpc) is 2.49. The molecule has 0 aromatic heterocycles. The summed E-state index contributed by atoms with van der Waals surface area (Å²) in [6, 6.07) is 4.92. The SMILES string of the molecule is CCCN1CCC(NC(=O)c2ccc(OC)cc2O)CC1. The normalized spacial score (nSPS) is 16.7. The second-order valence-corrected chi connectivity index (χ2v) is 5.47. The van der Waals surface area contributed by atoms with E-state index in [-0.39, 0.29) is 17.7 Å². The smallest absolute Gasteiger partial charge is 0.255 e. The van der Waals surface area contributed by atoms with Gasteiger partial charge >= 0.3 is 0 Å². The first kappa shape index (κ1) is 15.6. The van der Waals surface area contributed by atoms with Crippen molar-refractivity contribution in [1.82, 2.24) is 10.2 Å². The molecule has 1 heterocycles. The van der Waals surface area contributed by atoms with Gasteiger partial charge in [-0.3, -0.25) is 4.79 Å². The summed E-state index contributed by atoms with van der Waals surface area (Å²) in [4.78, 5) is 14.6. The first-order valence-corrected chi connectivity index (χ1v) is 7.54. The highest BCUT2D eigenvalue weighted by Crippen LogP contribution is 2.23. The zero-order valence-electron chi connectivity index (χ0n) is 12.8. The third kappa shape index (κ3) is 4.11. The molecule has 1 saturated heterocycles. The molecule has 1 aliphatic rings. The van der Waals surface area contributed by atoms with Crippen LogP contribution in [0.2, 0.25) is 0 Å². The Morgan fingerprint density at radius 2 is 2.14 bits per heavy atom. The van der Waals surface area contributed by atoms with E-state index < -0.39 is 0 Å². The molecule has 1 aliphatic heterocycles. The van der Waals surface area contributed by atoms with Gasteiger partial charge in [-0.25, -0.2) is 0 Å². The van der Waals surface area contributed by atoms with Crippen molar-refractivity contribution in [2.75, 3.05) is 26.7 Å². The standard InChI is InChI=1S/C16H24N2O3/c1-3-8-18-9-6-12(7-10-18)17-16(20)14-5-4-13(21-2)11-15(14)19/h4-5,11-12,19H,3,6-10H2,1-2H3,(H,17,20). The molecule has 0 aliphatic carbocycles. The van der Waals surface area contributed by atoms with Crippen LogP contribution in [0, 0.1) is 0 Å². The van der Waals surface area contributed by atoms with Gasteiger partial charge in [0.05, 0.1) is 12.7 Å². The van der Waals surface area contributed by atoms with Crippen molar-refractivity contribution in [2.24, 2.45) is 0 Å². The predicted molar refractivity (Wildman–Crippen MR) is 81.9 cm³/mol. The summed E-state index contributed by atoms with van der Waals surface area (Å²) in [7, 11) is 1.53. The summed E-state index contributed by atoms with van der Waals surface area (Å²) in [5.74, 6) is 0.274. The molecule has 5 heteroatoms. The molecule has 0 atom stereocenters. The van der Waals surface area contributed by atoms with Crippen molar-refractivity contribution in [3.8, 4) is 11.5 Å². The van der Waals surface area contributed by atoms with Crippen LogP contribution in [0.3, 0.4) is 0 Å². The number of benzene rings is 1. The van der Waals surface area contributed by atoms with Crippen LogP contribution in [0.15, 0.2) is 18.2 Å². The van der Waals surface area contributed by atoms with E-state index in [1.807, 2.05) is 0 Å². The first-order valence-electron chi connectivity index (χ1n) is 7.54. The van der Waals surface area contributed by atoms with Gasteiger partial charge in [-0.15, -0.1) is 0 Å². The largest absolute Gasteiger partial charge is 0.507 e. The third-order valence-corrected chi connectivity index (χ3v) is 3.91. The van der Waals surface area contributed by atoms with Gasteiger partial charge in [0.25, 0.3) is 5.91 Å². The monoisotopic (exact) mass is 292 g/mol. The van der Waals surface area contributed by atoms with Gasteiger partial charge in [-0.2, -0.15) is 0 Å². The molecule has 1 amide bonds. The van der Waals surface area contributed by atoms with E-state index in [1.165, 1.54) is 13.2 Å². The van der Waals surface area contributed by atoms with Crippen molar-refractivity contribution in [2.45, 2.75) is 32.2 Å². The molecule has 21 heavy (non-hydrogen) atoms. The number of hydrogen-bond donors (Lipinski definition) is 2. The minimum atomic E-state index is -0.218. The molecule has 2 N–H and O–H groups in total. The van der Waals surface area contributed by atoms with Crippen molar-refractivity contribution in [1.29, 1.82) is 0 Å². The molecule has 0 unspecified atom stereocenters. The van der Waals surface area contributed by atoms with Crippen LogP contribution in [0.1, 0.15) is 36.5 Å². The zero-order valence-corrected chi connectivity index (χ0v) is 12.8. The van der Waals surface area contributed by atoms with Gasteiger partial charge in [0.1, 0.15) is 11.5 Å². The molecule has 0 radical (unpaired) electrons. The van der Waals surface area contributed by atoms with Crippen molar-refractivity contribution < 1.29 is 14.6 Å². The summed E-state index contributed by atoms with van der Waals surface area (Å²) in [6.45, 7) is 5.35. The Labute approximate surface area is 125 Å². The number of methoxy groups -OCH3 is 1. The number of nitrogens with one attached hydrogen (secondary N) is 1. The fourth-order valence-corrected chi connectivity index (χ4v) is 2.71. The van der Waals surface area contributed by atoms with Gasteiger partial charge in [-0.05, 0) is 37.9 Å². The Bertz CT molecular complexity index is 482. The molecule has 1 aromatic rings. The number of ether oxygens (including phenoxy) is 1. The number of phenols is 1. The number of likely N-dealkylation sites (tertiary alicyclic amines) is 1. The van der Waals surface area contributed by atoms with Gasteiger partial charge in [0.2, 0.25) is 0 Å². The first-order chi connectivity index (χ1) is 10.1. The topological polar surface area (TPSA) is 61.8 Å². The molecule has 116 valence electrons. The lowest BCUT2D eigenvalue weighted by Crippen LogP contribution is -2.44. The van der Waals surface area contributed by atoms with Gasteiger partial charge < -0.3 is 20.1 Å². The summed E-state index contributed by atoms with van der Waals surface area (Å²) < 4.78 is 5.02. The number of amides is 1. The summed E-state index contributed by atoms with van der Waals surface area (Å²) in [5, 5.41) is 12.9. The zero-order chi connectivity index (χ0) is 15.2. The van der Waals surface area contributed by atoms with Crippen molar-refractivity contribution in [3.63, 3.8) is 0 Å². The molecular weight excluding hydrogens is 268 g/mol. The number of hydrogen-bond acceptors (Lipinski definition) is 4. The van der Waals surface area contributed by atoms with E-state index in [1.54, 1.807) is 12.1 Å². The number of piperidine rings is 1. The highest BCUT2D eigenvalue weighted by molar-refractivity contribution is 5.97. The summed E-state index contributed by atoms with van der Waals surface area (Å²) >= 11 is 0. The van der Waals surface area contributed by atoms with E-state index in [2.05, 4.69) is 17.1 Å². The fourth-order valence-electron chi connectivity index (χ4n) is 2.71.